The number of nitrogens with two attached hydrogens (primary N) is 1. The molecule has 8 nitrogen and oxygen atoms in total. The largest absolute Gasteiger partial charge is 0.365 e. The topological polar surface area (TPSA) is 115 Å². The lowest BCUT2D eigenvalue weighted by molar-refractivity contribution is 0.100. The Balaban J connectivity index is 1.54. The zero-order valence-corrected chi connectivity index (χ0v) is 18.4. The smallest absolute Gasteiger partial charge is 0.295 e. The molecule has 9 heteroatoms. The minimum absolute atomic E-state index is 0.00993. The summed E-state index contributed by atoms with van der Waals surface area (Å²) in [6.07, 6.45) is 4.92. The molecule has 4 aromatic rings. The van der Waals surface area contributed by atoms with Gasteiger partial charge in [0.15, 0.2) is 0 Å². The third-order valence-electron chi connectivity index (χ3n) is 5.60. The van der Waals surface area contributed by atoms with Gasteiger partial charge in [-0.1, -0.05) is 36.8 Å². The van der Waals surface area contributed by atoms with E-state index in [2.05, 4.69) is 20.4 Å². The number of benzene rings is 1. The van der Waals surface area contributed by atoms with Crippen molar-refractivity contribution >= 4 is 34.6 Å². The number of thiophene rings is 1. The Morgan fingerprint density at radius 2 is 1.88 bits per heavy atom. The molecule has 0 saturated carbocycles. The highest BCUT2D eigenvalue weighted by atomic mass is 32.1. The maximum absolute atomic E-state index is 13.1. The van der Waals surface area contributed by atoms with Gasteiger partial charge < -0.3 is 11.1 Å². The number of carbonyl (C=O) groups excluding carboxylic acids is 2. The predicted molar refractivity (Wildman–Crippen MR) is 123 cm³/mol. The third-order valence-corrected chi connectivity index (χ3v) is 6.90. The highest BCUT2D eigenvalue weighted by molar-refractivity contribution is 7.15. The number of hydrogen-bond acceptors (Lipinski definition) is 6. The van der Waals surface area contributed by atoms with Gasteiger partial charge in [0.2, 0.25) is 5.82 Å². The number of aromatic nitrogens is 4. The number of aryl methyl sites for hydroxylation is 2. The van der Waals surface area contributed by atoms with E-state index in [0.717, 1.165) is 59.5 Å². The maximum Gasteiger partial charge on any atom is 0.295 e. The van der Waals surface area contributed by atoms with E-state index < -0.39 is 11.8 Å². The Kier molecular flexibility index (Phi) is 5.18. The second-order valence-electron chi connectivity index (χ2n) is 7.88. The van der Waals surface area contributed by atoms with Crippen LogP contribution in [0.25, 0.3) is 17.0 Å². The van der Waals surface area contributed by atoms with Crippen molar-refractivity contribution < 1.29 is 9.59 Å². The molecule has 0 unspecified atom stereocenters. The van der Waals surface area contributed by atoms with Crippen LogP contribution in [0.1, 0.15) is 55.7 Å². The molecule has 0 atom stereocenters. The quantitative estimate of drug-likeness (QED) is 0.463. The molecule has 0 radical (unpaired) electrons. The van der Waals surface area contributed by atoms with Crippen molar-refractivity contribution in [2.45, 2.75) is 39.0 Å². The monoisotopic (exact) mass is 446 g/mol. The predicted octanol–water partition coefficient (Wildman–Crippen LogP) is 3.78. The number of primary amides is 1. The van der Waals surface area contributed by atoms with Crippen molar-refractivity contribution in [1.29, 1.82) is 0 Å². The summed E-state index contributed by atoms with van der Waals surface area (Å²) in [5.41, 5.74) is 9.65. The normalized spacial score (nSPS) is 13.5. The molecular weight excluding hydrogens is 424 g/mol. The van der Waals surface area contributed by atoms with Crippen molar-refractivity contribution in [1.82, 2.24) is 19.6 Å². The number of amides is 2. The lowest BCUT2D eigenvalue weighted by Crippen LogP contribution is -2.18. The number of anilines is 1. The minimum atomic E-state index is -0.537. The molecule has 1 aromatic carbocycles. The van der Waals surface area contributed by atoms with Crippen LogP contribution in [0.4, 0.5) is 5.69 Å². The first-order valence-electron chi connectivity index (χ1n) is 10.6. The van der Waals surface area contributed by atoms with Gasteiger partial charge >= 0.3 is 0 Å². The highest BCUT2D eigenvalue weighted by Gasteiger charge is 2.26. The van der Waals surface area contributed by atoms with Gasteiger partial charge in [0.1, 0.15) is 4.88 Å². The molecule has 5 rings (SSSR count). The van der Waals surface area contributed by atoms with Crippen LogP contribution in [0.3, 0.4) is 0 Å². The summed E-state index contributed by atoms with van der Waals surface area (Å²) in [6.45, 7) is 1.88. The van der Waals surface area contributed by atoms with Crippen LogP contribution in [0.15, 0.2) is 36.4 Å². The standard InChI is InChI=1S/C23H22N6O2S/c1-13-12-16(14-8-4-2-5-9-14)29-23(25-13)27-21(28-29)22(31)26-18-15-10-6-3-7-11-17(15)32-19(18)20(24)30/h2,4-5,8-9,12H,3,6-7,10-11H2,1H3,(H2,24,30)(H,26,31). The van der Waals surface area contributed by atoms with E-state index in [4.69, 9.17) is 5.73 Å². The summed E-state index contributed by atoms with van der Waals surface area (Å²) in [6, 6.07) is 11.7. The summed E-state index contributed by atoms with van der Waals surface area (Å²) >= 11 is 1.38. The third kappa shape index (κ3) is 3.64. The van der Waals surface area contributed by atoms with Crippen LogP contribution >= 0.6 is 11.3 Å². The minimum Gasteiger partial charge on any atom is -0.365 e. The number of carbonyl (C=O) groups is 2. The Morgan fingerprint density at radius 3 is 2.66 bits per heavy atom. The van der Waals surface area contributed by atoms with Crippen molar-refractivity contribution in [3.8, 4) is 11.3 Å². The molecule has 32 heavy (non-hydrogen) atoms. The summed E-state index contributed by atoms with van der Waals surface area (Å²) in [5.74, 6) is -0.693. The van der Waals surface area contributed by atoms with Crippen LogP contribution < -0.4 is 11.1 Å². The molecule has 0 aliphatic heterocycles. The van der Waals surface area contributed by atoms with Gasteiger partial charge in [0, 0.05) is 16.1 Å². The first-order valence-corrected chi connectivity index (χ1v) is 11.4. The van der Waals surface area contributed by atoms with Crippen molar-refractivity contribution in [3.63, 3.8) is 0 Å². The fourth-order valence-electron chi connectivity index (χ4n) is 4.12. The molecular formula is C23H22N6O2S. The zero-order chi connectivity index (χ0) is 22.2. The van der Waals surface area contributed by atoms with E-state index in [1.54, 1.807) is 4.52 Å². The number of fused-ring (bicyclic) bond motifs is 2. The Morgan fingerprint density at radius 1 is 1.09 bits per heavy atom. The van der Waals surface area contributed by atoms with Crippen molar-refractivity contribution in [3.05, 3.63) is 63.2 Å². The number of nitrogens with one attached hydrogen (secondary N) is 1. The molecule has 3 aromatic heterocycles. The van der Waals surface area contributed by atoms with E-state index in [1.807, 2.05) is 43.3 Å². The second kappa shape index (κ2) is 8.16. The SMILES string of the molecule is Cc1cc(-c2ccccc2)n2nc(C(=O)Nc3c(C(N)=O)sc4c3CCCCC4)nc2n1. The van der Waals surface area contributed by atoms with Gasteiger partial charge in [-0.15, -0.1) is 16.4 Å². The van der Waals surface area contributed by atoms with Gasteiger partial charge in [-0.3, -0.25) is 9.59 Å². The Labute approximate surface area is 188 Å². The van der Waals surface area contributed by atoms with Crippen LogP contribution in [0.2, 0.25) is 0 Å². The molecule has 3 N–H and O–H groups in total. The van der Waals surface area contributed by atoms with Gasteiger partial charge in [-0.05, 0) is 44.2 Å². The summed E-state index contributed by atoms with van der Waals surface area (Å²) in [7, 11) is 0. The molecule has 1 aliphatic rings. The van der Waals surface area contributed by atoms with Gasteiger partial charge in [0.05, 0.1) is 11.4 Å². The summed E-state index contributed by atoms with van der Waals surface area (Å²) < 4.78 is 1.57. The van der Waals surface area contributed by atoms with Crippen LogP contribution in [0, 0.1) is 6.92 Å². The zero-order valence-electron chi connectivity index (χ0n) is 17.6. The summed E-state index contributed by atoms with van der Waals surface area (Å²) in [4.78, 5) is 35.5. The van der Waals surface area contributed by atoms with Gasteiger partial charge in [-0.2, -0.15) is 9.50 Å². The first-order chi connectivity index (χ1) is 15.5. The fraction of sp³-hybridized carbons (Fsp3) is 0.261. The average Bonchev–Trinajstić information content (AvgIpc) is 3.27. The lowest BCUT2D eigenvalue weighted by atomic mass is 10.1. The highest BCUT2D eigenvalue weighted by Crippen LogP contribution is 2.37. The van der Waals surface area contributed by atoms with E-state index in [-0.39, 0.29) is 5.82 Å². The Bertz CT molecular complexity index is 1340. The van der Waals surface area contributed by atoms with Gasteiger partial charge in [0.25, 0.3) is 17.6 Å². The fourth-order valence-corrected chi connectivity index (χ4v) is 5.31. The molecule has 3 heterocycles. The van der Waals surface area contributed by atoms with Crippen LogP contribution in [-0.4, -0.2) is 31.4 Å². The van der Waals surface area contributed by atoms with Crippen LogP contribution in [-0.2, 0) is 12.8 Å². The average molecular weight is 447 g/mol. The van der Waals surface area contributed by atoms with Crippen molar-refractivity contribution in [2.75, 3.05) is 5.32 Å². The lowest BCUT2D eigenvalue weighted by Gasteiger charge is -2.07. The number of nitrogens with zero attached hydrogens (tertiary/aromatic N) is 4. The van der Waals surface area contributed by atoms with Crippen molar-refractivity contribution in [2.24, 2.45) is 5.73 Å². The molecule has 1 aliphatic carbocycles. The van der Waals surface area contributed by atoms with E-state index in [1.165, 1.54) is 11.3 Å². The number of rotatable bonds is 4. The first kappa shape index (κ1) is 20.3. The van der Waals surface area contributed by atoms with Gasteiger partial charge in [-0.25, -0.2) is 4.98 Å². The molecule has 162 valence electrons. The van der Waals surface area contributed by atoms with Crippen LogP contribution in [0.5, 0.6) is 0 Å². The molecule has 0 spiro atoms. The molecule has 2 amide bonds. The van der Waals surface area contributed by atoms with E-state index >= 15 is 0 Å². The van der Waals surface area contributed by atoms with E-state index in [9.17, 15) is 9.59 Å². The van der Waals surface area contributed by atoms with E-state index in [0.29, 0.717) is 16.3 Å². The molecule has 0 saturated heterocycles. The Hall–Kier alpha value is -3.59. The molecule has 0 bridgehead atoms. The summed E-state index contributed by atoms with van der Waals surface area (Å²) in [5, 5.41) is 7.32. The number of hydrogen-bond donors (Lipinski definition) is 2. The second-order valence-corrected chi connectivity index (χ2v) is 8.99. The maximum atomic E-state index is 13.1. The molecule has 0 fully saturated rings.